The van der Waals surface area contributed by atoms with Crippen molar-refractivity contribution in [3.8, 4) is 0 Å². The van der Waals surface area contributed by atoms with Crippen molar-refractivity contribution in [1.29, 1.82) is 0 Å². The number of amides is 2. The summed E-state index contributed by atoms with van der Waals surface area (Å²) in [6, 6.07) is 15.8. The molecule has 3 rings (SSSR count). The first-order valence-electron chi connectivity index (χ1n) is 8.69. The number of nitrogens with zero attached hydrogens (tertiary/aromatic N) is 1. The topological polar surface area (TPSA) is 53.6 Å². The number of hydrogen-bond acceptors (Lipinski definition) is 3. The van der Waals surface area contributed by atoms with E-state index >= 15 is 0 Å². The predicted octanol–water partition coefficient (Wildman–Crippen LogP) is 3.15. The van der Waals surface area contributed by atoms with E-state index in [-0.39, 0.29) is 6.03 Å². The van der Waals surface area contributed by atoms with E-state index in [2.05, 4.69) is 27.7 Å². The maximum absolute atomic E-state index is 12.1. The van der Waals surface area contributed by atoms with Gasteiger partial charge in [0.2, 0.25) is 0 Å². The third kappa shape index (κ3) is 5.31. The summed E-state index contributed by atoms with van der Waals surface area (Å²) in [6.45, 7) is 6.92. The highest BCUT2D eigenvalue weighted by molar-refractivity contribution is 5.89. The highest BCUT2D eigenvalue weighted by atomic mass is 16.5. The number of rotatable bonds is 5. The Morgan fingerprint density at radius 1 is 1.04 bits per heavy atom. The first-order chi connectivity index (χ1) is 12.2. The molecule has 2 N–H and O–H groups in total. The molecule has 1 aliphatic heterocycles. The molecule has 0 saturated carbocycles. The fourth-order valence-electron chi connectivity index (χ4n) is 2.87. The van der Waals surface area contributed by atoms with E-state index in [1.165, 1.54) is 11.1 Å². The second kappa shape index (κ2) is 8.65. The van der Waals surface area contributed by atoms with Crippen LogP contribution in [0.4, 0.5) is 10.5 Å². The van der Waals surface area contributed by atoms with Gasteiger partial charge < -0.3 is 15.4 Å². The van der Waals surface area contributed by atoms with Gasteiger partial charge in [-0.05, 0) is 30.2 Å². The van der Waals surface area contributed by atoms with Crippen molar-refractivity contribution in [3.63, 3.8) is 0 Å². The van der Waals surface area contributed by atoms with Crippen LogP contribution in [0.3, 0.4) is 0 Å². The molecule has 5 nitrogen and oxygen atoms in total. The molecule has 1 heterocycles. The largest absolute Gasteiger partial charge is 0.379 e. The van der Waals surface area contributed by atoms with Crippen LogP contribution in [0.1, 0.15) is 16.7 Å². The molecule has 0 bridgehead atoms. The Morgan fingerprint density at radius 2 is 1.72 bits per heavy atom. The highest BCUT2D eigenvalue weighted by Crippen LogP contribution is 2.13. The minimum atomic E-state index is -0.190. The Morgan fingerprint density at radius 3 is 2.44 bits per heavy atom. The Bertz CT molecular complexity index is 694. The lowest BCUT2D eigenvalue weighted by molar-refractivity contribution is 0.0341. The van der Waals surface area contributed by atoms with Gasteiger partial charge in [-0.25, -0.2) is 4.79 Å². The Labute approximate surface area is 149 Å². The summed E-state index contributed by atoms with van der Waals surface area (Å²) in [7, 11) is 0. The van der Waals surface area contributed by atoms with Crippen molar-refractivity contribution < 1.29 is 9.53 Å². The summed E-state index contributed by atoms with van der Waals surface area (Å²) >= 11 is 0. The zero-order valence-electron chi connectivity index (χ0n) is 14.6. The molecule has 0 unspecified atom stereocenters. The molecule has 0 radical (unpaired) electrons. The SMILES string of the molecule is Cc1ccc(NC(=O)NCc2ccccc2CN2CCOCC2)cc1. The number of ether oxygens (including phenoxy) is 1. The Hall–Kier alpha value is -2.37. The lowest BCUT2D eigenvalue weighted by atomic mass is 10.1. The van der Waals surface area contributed by atoms with E-state index in [1.54, 1.807) is 0 Å². The molecule has 1 fully saturated rings. The van der Waals surface area contributed by atoms with E-state index in [1.807, 2.05) is 43.3 Å². The summed E-state index contributed by atoms with van der Waals surface area (Å²) in [5, 5.41) is 5.81. The molecule has 0 aliphatic carbocycles. The van der Waals surface area contributed by atoms with Crippen LogP contribution < -0.4 is 10.6 Å². The molecule has 25 heavy (non-hydrogen) atoms. The minimum absolute atomic E-state index is 0.190. The number of hydrogen-bond donors (Lipinski definition) is 2. The number of benzene rings is 2. The Kier molecular flexibility index (Phi) is 6.04. The molecule has 1 aliphatic rings. The molecule has 0 aromatic heterocycles. The molecular formula is C20H25N3O2. The maximum atomic E-state index is 12.1. The van der Waals surface area contributed by atoms with Gasteiger partial charge in [0.05, 0.1) is 13.2 Å². The van der Waals surface area contributed by atoms with E-state index < -0.39 is 0 Å². The molecule has 1 saturated heterocycles. The van der Waals surface area contributed by atoms with E-state index in [0.29, 0.717) is 6.54 Å². The van der Waals surface area contributed by atoms with Crippen LogP contribution in [0.25, 0.3) is 0 Å². The van der Waals surface area contributed by atoms with E-state index in [9.17, 15) is 4.79 Å². The van der Waals surface area contributed by atoms with Crippen LogP contribution in [0.2, 0.25) is 0 Å². The summed E-state index contributed by atoms with van der Waals surface area (Å²) in [6.07, 6.45) is 0. The highest BCUT2D eigenvalue weighted by Gasteiger charge is 2.13. The lowest BCUT2D eigenvalue weighted by Gasteiger charge is -2.27. The third-order valence-electron chi connectivity index (χ3n) is 4.36. The van der Waals surface area contributed by atoms with Gasteiger partial charge in [0, 0.05) is 31.9 Å². The smallest absolute Gasteiger partial charge is 0.319 e. The maximum Gasteiger partial charge on any atom is 0.319 e. The first-order valence-corrected chi connectivity index (χ1v) is 8.69. The molecule has 2 aromatic carbocycles. The molecule has 2 aromatic rings. The van der Waals surface area contributed by atoms with Gasteiger partial charge in [0.25, 0.3) is 0 Å². The van der Waals surface area contributed by atoms with Crippen molar-refractivity contribution in [2.45, 2.75) is 20.0 Å². The summed E-state index contributed by atoms with van der Waals surface area (Å²) in [5.74, 6) is 0. The van der Waals surface area contributed by atoms with Gasteiger partial charge in [0.15, 0.2) is 0 Å². The monoisotopic (exact) mass is 339 g/mol. The number of carbonyl (C=O) groups excluding carboxylic acids is 1. The third-order valence-corrected chi connectivity index (χ3v) is 4.36. The minimum Gasteiger partial charge on any atom is -0.379 e. The second-order valence-electron chi connectivity index (χ2n) is 6.33. The van der Waals surface area contributed by atoms with Gasteiger partial charge >= 0.3 is 6.03 Å². The van der Waals surface area contributed by atoms with Crippen molar-refractivity contribution in [2.24, 2.45) is 0 Å². The molecule has 132 valence electrons. The van der Waals surface area contributed by atoms with E-state index in [4.69, 9.17) is 4.74 Å². The van der Waals surface area contributed by atoms with Gasteiger partial charge in [-0.15, -0.1) is 0 Å². The first kappa shape index (κ1) is 17.5. The van der Waals surface area contributed by atoms with Crippen LogP contribution in [0.15, 0.2) is 48.5 Å². The molecular weight excluding hydrogens is 314 g/mol. The van der Waals surface area contributed by atoms with Crippen molar-refractivity contribution in [2.75, 3.05) is 31.6 Å². The van der Waals surface area contributed by atoms with Crippen LogP contribution in [0, 0.1) is 6.92 Å². The molecule has 0 spiro atoms. The van der Waals surface area contributed by atoms with Crippen LogP contribution in [-0.2, 0) is 17.8 Å². The van der Waals surface area contributed by atoms with Crippen molar-refractivity contribution >= 4 is 11.7 Å². The number of aryl methyl sites for hydroxylation is 1. The lowest BCUT2D eigenvalue weighted by Crippen LogP contribution is -2.36. The predicted molar refractivity (Wildman–Crippen MR) is 99.6 cm³/mol. The molecule has 0 atom stereocenters. The quantitative estimate of drug-likeness (QED) is 0.880. The Balaban J connectivity index is 1.55. The number of morpholine rings is 1. The van der Waals surface area contributed by atoms with E-state index in [0.717, 1.165) is 44.1 Å². The zero-order valence-corrected chi connectivity index (χ0v) is 14.6. The van der Waals surface area contributed by atoms with Crippen molar-refractivity contribution in [1.82, 2.24) is 10.2 Å². The molecule has 2 amide bonds. The summed E-state index contributed by atoms with van der Waals surface area (Å²) < 4.78 is 5.40. The average molecular weight is 339 g/mol. The van der Waals surface area contributed by atoms with Crippen LogP contribution in [-0.4, -0.2) is 37.2 Å². The summed E-state index contributed by atoms with van der Waals surface area (Å²) in [5.41, 5.74) is 4.36. The summed E-state index contributed by atoms with van der Waals surface area (Å²) in [4.78, 5) is 14.5. The number of carbonyl (C=O) groups is 1. The standard InChI is InChI=1S/C20H25N3O2/c1-16-6-8-19(9-7-16)22-20(24)21-14-17-4-2-3-5-18(17)15-23-10-12-25-13-11-23/h2-9H,10-15H2,1H3,(H2,21,22,24). The van der Waals surface area contributed by atoms with Gasteiger partial charge in [-0.3, -0.25) is 4.90 Å². The second-order valence-corrected chi connectivity index (χ2v) is 6.33. The van der Waals surface area contributed by atoms with Crippen LogP contribution >= 0.6 is 0 Å². The normalized spacial score (nSPS) is 14.9. The number of urea groups is 1. The fourth-order valence-corrected chi connectivity index (χ4v) is 2.87. The molecule has 5 heteroatoms. The van der Waals surface area contributed by atoms with Gasteiger partial charge in [-0.2, -0.15) is 0 Å². The van der Waals surface area contributed by atoms with Gasteiger partial charge in [0.1, 0.15) is 0 Å². The average Bonchev–Trinajstić information content (AvgIpc) is 2.64. The fraction of sp³-hybridized carbons (Fsp3) is 0.350. The number of anilines is 1. The van der Waals surface area contributed by atoms with Crippen LogP contribution in [0.5, 0.6) is 0 Å². The zero-order chi connectivity index (χ0) is 17.5. The number of nitrogens with one attached hydrogen (secondary N) is 2. The van der Waals surface area contributed by atoms with Crippen molar-refractivity contribution in [3.05, 3.63) is 65.2 Å². The van der Waals surface area contributed by atoms with Gasteiger partial charge in [-0.1, -0.05) is 42.0 Å².